The third kappa shape index (κ3) is 4.36. The lowest BCUT2D eigenvalue weighted by molar-refractivity contribution is 0.0941. The maximum absolute atomic E-state index is 14.6. The number of nitriles is 1. The quantitative estimate of drug-likeness (QED) is 0.501. The highest BCUT2D eigenvalue weighted by atomic mass is 19.1. The number of nitrogens with one attached hydrogen (secondary N) is 3. The highest BCUT2D eigenvalue weighted by Crippen LogP contribution is 2.28. The van der Waals surface area contributed by atoms with Gasteiger partial charge >= 0.3 is 0 Å². The monoisotopic (exact) mass is 439 g/mol. The summed E-state index contributed by atoms with van der Waals surface area (Å²) in [4.78, 5) is 13.6. The fraction of sp³-hybridized carbons (Fsp3) is 0.261. The van der Waals surface area contributed by atoms with Crippen LogP contribution in [0.15, 0.2) is 42.6 Å². The van der Waals surface area contributed by atoms with E-state index < -0.39 is 35.0 Å². The van der Waals surface area contributed by atoms with Crippen LogP contribution in [-0.4, -0.2) is 34.6 Å². The summed E-state index contributed by atoms with van der Waals surface area (Å²) < 4.78 is 42.5. The first kappa shape index (κ1) is 21.6. The highest BCUT2D eigenvalue weighted by molar-refractivity contribution is 6.05. The molecule has 2 atom stereocenters. The summed E-state index contributed by atoms with van der Waals surface area (Å²) >= 11 is 0. The van der Waals surface area contributed by atoms with Gasteiger partial charge in [-0.2, -0.15) is 10.4 Å². The zero-order chi connectivity index (χ0) is 22.7. The molecule has 6 nitrogen and oxygen atoms in total. The van der Waals surface area contributed by atoms with Crippen molar-refractivity contribution in [3.63, 3.8) is 0 Å². The molecule has 1 unspecified atom stereocenters. The predicted molar refractivity (Wildman–Crippen MR) is 112 cm³/mol. The Labute approximate surface area is 182 Å². The van der Waals surface area contributed by atoms with Gasteiger partial charge in [-0.25, -0.2) is 13.2 Å². The predicted octanol–water partition coefficient (Wildman–Crippen LogP) is 4.17. The largest absolute Gasteiger partial charge is 0.369 e. The molecule has 2 heterocycles. The lowest BCUT2D eigenvalue weighted by Crippen LogP contribution is -2.51. The van der Waals surface area contributed by atoms with E-state index in [1.54, 1.807) is 6.07 Å². The fourth-order valence-electron chi connectivity index (χ4n) is 3.92. The minimum atomic E-state index is -1.01. The molecule has 3 N–H and O–H groups in total. The number of carbonyl (C=O) groups excluding carboxylic acids is 1. The Morgan fingerprint density at radius 1 is 1.16 bits per heavy atom. The van der Waals surface area contributed by atoms with Gasteiger partial charge in [-0.05, 0) is 49.2 Å². The number of hydrogen-bond donors (Lipinski definition) is 3. The molecule has 0 amide bonds. The van der Waals surface area contributed by atoms with E-state index in [9.17, 15) is 18.0 Å². The lowest BCUT2D eigenvalue weighted by atomic mass is 9.91. The molecular formula is C23H20F3N5O. The van der Waals surface area contributed by atoms with Crippen molar-refractivity contribution in [1.82, 2.24) is 15.5 Å². The summed E-state index contributed by atoms with van der Waals surface area (Å²) in [5.74, 6) is -2.77. The van der Waals surface area contributed by atoms with Crippen molar-refractivity contribution in [1.29, 1.82) is 5.26 Å². The zero-order valence-electron chi connectivity index (χ0n) is 17.0. The third-order valence-electron chi connectivity index (χ3n) is 5.55. The smallest absolute Gasteiger partial charge is 0.204 e. The Balaban J connectivity index is 1.71. The lowest BCUT2D eigenvalue weighted by Gasteiger charge is -2.31. The highest BCUT2D eigenvalue weighted by Gasteiger charge is 2.34. The molecule has 0 bridgehead atoms. The number of piperidine rings is 1. The number of Topliss-reactive ketones (excluding diaryl/α,β-unsaturated/α-hetero) is 1. The summed E-state index contributed by atoms with van der Waals surface area (Å²) in [5, 5.41) is 21.6. The molecule has 1 aliphatic heterocycles. The molecular weight excluding hydrogens is 419 g/mol. The van der Waals surface area contributed by atoms with Gasteiger partial charge in [0.25, 0.3) is 0 Å². The van der Waals surface area contributed by atoms with E-state index in [0.717, 1.165) is 25.0 Å². The average molecular weight is 439 g/mol. The van der Waals surface area contributed by atoms with Crippen molar-refractivity contribution in [2.45, 2.75) is 31.3 Å². The summed E-state index contributed by atoms with van der Waals surface area (Å²) in [6.45, 7) is 0.669. The van der Waals surface area contributed by atoms with Crippen molar-refractivity contribution in [2.24, 2.45) is 0 Å². The summed E-state index contributed by atoms with van der Waals surface area (Å²) in [5.41, 5.74) is 0.554. The molecule has 9 heteroatoms. The van der Waals surface area contributed by atoms with Crippen LogP contribution in [-0.2, 0) is 0 Å². The van der Waals surface area contributed by atoms with Crippen LogP contribution in [0.5, 0.6) is 0 Å². The van der Waals surface area contributed by atoms with Crippen LogP contribution < -0.4 is 10.6 Å². The number of aromatic amines is 1. The Bertz CT molecular complexity index is 1140. The minimum Gasteiger partial charge on any atom is -0.369 e. The van der Waals surface area contributed by atoms with Crippen LogP contribution in [0.25, 0.3) is 11.1 Å². The zero-order valence-corrected chi connectivity index (χ0v) is 17.0. The first-order valence-electron chi connectivity index (χ1n) is 10.2. The number of ketones is 1. The van der Waals surface area contributed by atoms with Crippen LogP contribution in [0.3, 0.4) is 0 Å². The maximum atomic E-state index is 14.6. The molecule has 0 radical (unpaired) electrons. The molecule has 32 heavy (non-hydrogen) atoms. The van der Waals surface area contributed by atoms with Crippen LogP contribution in [0, 0.1) is 28.8 Å². The SMILES string of the molecule is N#Cc1cc(F)c(N[C@H](C(=O)c2[nH]ncc2-c2ccc(F)cc2)C2CCCCN2)c(F)c1. The Kier molecular flexibility index (Phi) is 6.23. The minimum absolute atomic E-state index is 0.149. The van der Waals surface area contributed by atoms with E-state index in [1.807, 2.05) is 0 Å². The molecule has 2 aromatic carbocycles. The average Bonchev–Trinajstić information content (AvgIpc) is 3.29. The van der Waals surface area contributed by atoms with Crippen LogP contribution >= 0.6 is 0 Å². The van der Waals surface area contributed by atoms with E-state index in [2.05, 4.69) is 20.8 Å². The maximum Gasteiger partial charge on any atom is 0.204 e. The van der Waals surface area contributed by atoms with E-state index >= 15 is 0 Å². The van der Waals surface area contributed by atoms with Gasteiger partial charge in [0.2, 0.25) is 5.78 Å². The van der Waals surface area contributed by atoms with Crippen LogP contribution in [0.1, 0.15) is 35.3 Å². The Morgan fingerprint density at radius 3 is 2.50 bits per heavy atom. The second-order valence-corrected chi connectivity index (χ2v) is 7.63. The number of rotatable bonds is 6. The van der Waals surface area contributed by atoms with Gasteiger partial charge in [0, 0.05) is 11.6 Å². The molecule has 0 saturated carbocycles. The molecule has 164 valence electrons. The molecule has 1 fully saturated rings. The van der Waals surface area contributed by atoms with Gasteiger partial charge in [0.05, 0.1) is 17.8 Å². The molecule has 3 aromatic rings. The molecule has 0 aliphatic carbocycles. The topological polar surface area (TPSA) is 93.6 Å². The number of nitrogens with zero attached hydrogens (tertiary/aromatic N) is 2. The first-order chi connectivity index (χ1) is 15.5. The second-order valence-electron chi connectivity index (χ2n) is 7.63. The van der Waals surface area contributed by atoms with Crippen molar-refractivity contribution in [3.8, 4) is 17.2 Å². The third-order valence-corrected chi connectivity index (χ3v) is 5.55. The first-order valence-corrected chi connectivity index (χ1v) is 10.2. The van der Waals surface area contributed by atoms with Crippen LogP contribution in [0.4, 0.5) is 18.9 Å². The van der Waals surface area contributed by atoms with Crippen molar-refractivity contribution in [3.05, 3.63) is 71.3 Å². The van der Waals surface area contributed by atoms with Crippen molar-refractivity contribution in [2.75, 3.05) is 11.9 Å². The number of benzene rings is 2. The standard InChI is InChI=1S/C23H20F3N5O/c24-15-6-4-14(5-7-15)16-12-29-31-20(16)23(32)22(19-3-1-2-8-28-19)30-21-17(25)9-13(11-27)10-18(21)26/h4-7,9-10,12,19,22,28,30H,1-3,8H2,(H,29,31)/t19?,22-/m0/s1. The van der Waals surface area contributed by atoms with Gasteiger partial charge in [0.15, 0.2) is 11.6 Å². The van der Waals surface area contributed by atoms with E-state index in [0.29, 0.717) is 24.1 Å². The molecule has 0 spiro atoms. The van der Waals surface area contributed by atoms with Gasteiger partial charge in [0.1, 0.15) is 23.2 Å². The molecule has 4 rings (SSSR count). The molecule has 1 aromatic heterocycles. The number of carbonyl (C=O) groups is 1. The number of hydrogen-bond acceptors (Lipinski definition) is 5. The van der Waals surface area contributed by atoms with Gasteiger partial charge in [-0.15, -0.1) is 0 Å². The summed E-state index contributed by atoms with van der Waals surface area (Å²) in [7, 11) is 0. The fourth-order valence-corrected chi connectivity index (χ4v) is 3.92. The van der Waals surface area contributed by atoms with Crippen LogP contribution in [0.2, 0.25) is 0 Å². The van der Waals surface area contributed by atoms with Gasteiger partial charge < -0.3 is 10.6 Å². The molecule has 1 aliphatic rings. The number of anilines is 1. The van der Waals surface area contributed by atoms with E-state index in [4.69, 9.17) is 5.26 Å². The van der Waals surface area contributed by atoms with E-state index in [1.165, 1.54) is 30.5 Å². The number of aromatic nitrogens is 2. The Hall–Kier alpha value is -3.64. The summed E-state index contributed by atoms with van der Waals surface area (Å²) in [6.07, 6.45) is 3.87. The van der Waals surface area contributed by atoms with E-state index in [-0.39, 0.29) is 17.3 Å². The Morgan fingerprint density at radius 2 is 1.88 bits per heavy atom. The summed E-state index contributed by atoms with van der Waals surface area (Å²) in [6, 6.07) is 7.75. The normalized spacial score (nSPS) is 16.9. The van der Waals surface area contributed by atoms with Crippen molar-refractivity contribution < 1.29 is 18.0 Å². The van der Waals surface area contributed by atoms with Crippen molar-refractivity contribution >= 4 is 11.5 Å². The number of halogens is 3. The van der Waals surface area contributed by atoms with Gasteiger partial charge in [-0.1, -0.05) is 18.6 Å². The number of H-pyrrole nitrogens is 1. The second kappa shape index (κ2) is 9.24. The van der Waals surface area contributed by atoms with Gasteiger partial charge in [-0.3, -0.25) is 9.89 Å². The molecule has 1 saturated heterocycles.